The third-order valence-electron chi connectivity index (χ3n) is 5.00. The van der Waals surface area contributed by atoms with Crippen molar-refractivity contribution < 1.29 is 28.0 Å². The Kier molecular flexibility index (Phi) is 6.16. The molecular weight excluding hydrogens is 412 g/mol. The molecule has 2 heterocycles. The molecule has 3 rings (SSSR count). The highest BCUT2D eigenvalue weighted by molar-refractivity contribution is 8.18. The van der Waals surface area contributed by atoms with E-state index < -0.39 is 36.0 Å². The van der Waals surface area contributed by atoms with Crippen molar-refractivity contribution in [2.24, 2.45) is 10.2 Å². The molecule has 0 atom stereocenters. The van der Waals surface area contributed by atoms with E-state index in [-0.39, 0.29) is 10.1 Å². The molecule has 2 aliphatic rings. The molecule has 158 valence electrons. The fourth-order valence-corrected chi connectivity index (χ4v) is 3.36. The van der Waals surface area contributed by atoms with Gasteiger partial charge in [-0.2, -0.15) is 5.10 Å². The Labute approximate surface area is 178 Å². The normalized spacial score (nSPS) is 22.9. The van der Waals surface area contributed by atoms with Crippen molar-refractivity contribution in [3.8, 4) is 0 Å². The molecule has 0 saturated carbocycles. The summed E-state index contributed by atoms with van der Waals surface area (Å²) in [5.74, 6) is -1.55. The molecule has 0 radical (unpaired) electrons. The van der Waals surface area contributed by atoms with Crippen LogP contribution in [0.2, 0.25) is 0 Å². The number of amides is 1. The quantitative estimate of drug-likeness (QED) is 0.255. The average Bonchev–Trinajstić information content (AvgIpc) is 3.11. The van der Waals surface area contributed by atoms with Gasteiger partial charge in [-0.05, 0) is 62.6 Å². The van der Waals surface area contributed by atoms with Crippen molar-refractivity contribution in [3.63, 3.8) is 0 Å². The Morgan fingerprint density at radius 1 is 1.27 bits per heavy atom. The Bertz CT molecular complexity index is 961. The number of nitrogens with zero attached hydrogens (tertiary/aromatic N) is 2. The number of esters is 1. The molecule has 2 saturated heterocycles. The van der Waals surface area contributed by atoms with Crippen molar-refractivity contribution >= 4 is 47.6 Å². The van der Waals surface area contributed by atoms with Crippen LogP contribution in [-0.2, 0) is 23.6 Å². The summed E-state index contributed by atoms with van der Waals surface area (Å²) in [6.07, 6.45) is 2.49. The Morgan fingerprint density at radius 3 is 2.57 bits per heavy atom. The number of thioether (sulfide) groups is 1. The average molecular weight is 433 g/mol. The molecule has 30 heavy (non-hydrogen) atoms. The maximum Gasteiger partial charge on any atom is 0.495 e. The number of carbonyl (C=O) groups excluding carboxylic acids is 2. The van der Waals surface area contributed by atoms with Gasteiger partial charge >= 0.3 is 13.1 Å². The van der Waals surface area contributed by atoms with E-state index >= 15 is 0 Å². The van der Waals surface area contributed by atoms with Crippen molar-refractivity contribution in [3.05, 3.63) is 40.6 Å². The number of amidine groups is 1. The molecule has 0 aromatic heterocycles. The summed E-state index contributed by atoms with van der Waals surface area (Å²) in [6, 6.07) is 4.18. The van der Waals surface area contributed by atoms with Crippen LogP contribution in [-0.4, -0.2) is 48.7 Å². The third kappa shape index (κ3) is 4.63. The van der Waals surface area contributed by atoms with Gasteiger partial charge in [0.1, 0.15) is 5.82 Å². The fourth-order valence-electron chi connectivity index (χ4n) is 2.62. The molecule has 0 spiro atoms. The van der Waals surface area contributed by atoms with Crippen LogP contribution in [0.4, 0.5) is 4.39 Å². The minimum atomic E-state index is -0.769. The zero-order valence-electron chi connectivity index (χ0n) is 17.2. The van der Waals surface area contributed by atoms with E-state index in [4.69, 9.17) is 9.31 Å². The van der Waals surface area contributed by atoms with Crippen LogP contribution in [0, 0.1) is 5.82 Å². The van der Waals surface area contributed by atoms with Gasteiger partial charge in [0.15, 0.2) is 5.17 Å². The third-order valence-corrected chi connectivity index (χ3v) is 5.90. The van der Waals surface area contributed by atoms with Crippen LogP contribution in [0.5, 0.6) is 0 Å². The first-order chi connectivity index (χ1) is 14.0. The number of hydrogen-bond donors (Lipinski definition) is 1. The number of methoxy groups -OCH3 is 1. The number of carbonyl (C=O) groups is 2. The lowest BCUT2D eigenvalue weighted by Gasteiger charge is -2.32. The van der Waals surface area contributed by atoms with Crippen molar-refractivity contribution in [1.82, 2.24) is 5.32 Å². The number of hydrogen-bond acceptors (Lipinski definition) is 8. The fraction of sp³-hybridized carbons (Fsp3) is 0.368. The SMILES string of the molecule is COC(=O)/C=C1/S/C(=N\N=Cc2ccc(F)cc2B2OC(C)(C)C(C)(C)O2)NC1=O. The van der Waals surface area contributed by atoms with Crippen LogP contribution in [0.3, 0.4) is 0 Å². The first-order valence-electron chi connectivity index (χ1n) is 9.07. The second-order valence-corrected chi connectivity index (χ2v) is 8.63. The number of benzene rings is 1. The van der Waals surface area contributed by atoms with Crippen LogP contribution in [0.15, 0.2) is 39.4 Å². The van der Waals surface area contributed by atoms with Gasteiger partial charge in [0.05, 0.1) is 29.4 Å². The lowest BCUT2D eigenvalue weighted by molar-refractivity contribution is -0.135. The summed E-state index contributed by atoms with van der Waals surface area (Å²) in [6.45, 7) is 7.63. The van der Waals surface area contributed by atoms with E-state index in [0.717, 1.165) is 17.8 Å². The van der Waals surface area contributed by atoms with E-state index in [1.807, 2.05) is 27.7 Å². The number of ether oxygens (including phenoxy) is 1. The second kappa shape index (κ2) is 8.33. The highest BCUT2D eigenvalue weighted by Gasteiger charge is 2.52. The van der Waals surface area contributed by atoms with Crippen molar-refractivity contribution in [1.29, 1.82) is 0 Å². The Hall–Kier alpha value is -2.50. The lowest BCUT2D eigenvalue weighted by atomic mass is 9.76. The van der Waals surface area contributed by atoms with Gasteiger partial charge in [-0.1, -0.05) is 6.07 Å². The van der Waals surface area contributed by atoms with Gasteiger partial charge in [0, 0.05) is 6.08 Å². The van der Waals surface area contributed by atoms with Gasteiger partial charge in [-0.25, -0.2) is 9.18 Å². The van der Waals surface area contributed by atoms with Crippen molar-refractivity contribution in [2.45, 2.75) is 38.9 Å². The molecule has 0 aliphatic carbocycles. The maximum absolute atomic E-state index is 13.9. The predicted molar refractivity (Wildman–Crippen MR) is 113 cm³/mol. The zero-order valence-corrected chi connectivity index (χ0v) is 18.0. The number of nitrogens with one attached hydrogen (secondary N) is 1. The van der Waals surface area contributed by atoms with E-state index in [9.17, 15) is 14.0 Å². The largest absolute Gasteiger partial charge is 0.495 e. The molecular formula is C19H21BFN3O5S. The van der Waals surface area contributed by atoms with Crippen LogP contribution < -0.4 is 10.8 Å². The molecule has 0 unspecified atom stereocenters. The minimum Gasteiger partial charge on any atom is -0.466 e. The van der Waals surface area contributed by atoms with Gasteiger partial charge < -0.3 is 14.0 Å². The molecule has 1 aromatic carbocycles. The first kappa shape index (κ1) is 22.2. The van der Waals surface area contributed by atoms with Gasteiger partial charge in [0.25, 0.3) is 5.91 Å². The first-order valence-corrected chi connectivity index (χ1v) is 9.89. The highest BCUT2D eigenvalue weighted by atomic mass is 32.2. The van der Waals surface area contributed by atoms with Gasteiger partial charge in [-0.3, -0.25) is 10.1 Å². The zero-order chi connectivity index (χ0) is 22.1. The molecule has 1 aromatic rings. The van der Waals surface area contributed by atoms with E-state index in [0.29, 0.717) is 11.0 Å². The van der Waals surface area contributed by atoms with Crippen LogP contribution in [0.1, 0.15) is 33.3 Å². The summed E-state index contributed by atoms with van der Waals surface area (Å²) in [4.78, 5) is 23.3. The standard InChI is InChI=1S/C19H21BFN3O5S/c1-18(2)19(3,4)29-20(28-18)13-8-12(21)7-6-11(13)10-22-24-17-23-16(26)14(30-17)9-15(25)27-5/h6-10H,1-5H3,(H,23,24,26)/b14-9+,22-10?. The molecule has 1 N–H and O–H groups in total. The molecule has 8 nitrogen and oxygen atoms in total. The summed E-state index contributed by atoms with van der Waals surface area (Å²) in [7, 11) is 0.450. The summed E-state index contributed by atoms with van der Waals surface area (Å²) < 4.78 is 30.4. The van der Waals surface area contributed by atoms with Crippen LogP contribution >= 0.6 is 11.8 Å². The van der Waals surface area contributed by atoms with E-state index in [1.54, 1.807) is 6.07 Å². The monoisotopic (exact) mass is 433 g/mol. The summed E-state index contributed by atoms with van der Waals surface area (Å²) in [5, 5.41) is 10.6. The van der Waals surface area contributed by atoms with E-state index in [1.165, 1.54) is 25.5 Å². The number of halogens is 1. The smallest absolute Gasteiger partial charge is 0.466 e. The Balaban J connectivity index is 1.81. The second-order valence-electron chi connectivity index (χ2n) is 7.60. The predicted octanol–water partition coefficient (Wildman–Crippen LogP) is 1.73. The molecule has 2 fully saturated rings. The van der Waals surface area contributed by atoms with Crippen molar-refractivity contribution in [2.75, 3.05) is 7.11 Å². The summed E-state index contributed by atoms with van der Waals surface area (Å²) >= 11 is 0.956. The summed E-state index contributed by atoms with van der Waals surface area (Å²) in [5.41, 5.74) is -0.122. The topological polar surface area (TPSA) is 98.6 Å². The molecule has 11 heteroatoms. The maximum atomic E-state index is 13.9. The Morgan fingerprint density at radius 2 is 1.93 bits per heavy atom. The van der Waals surface area contributed by atoms with Crippen LogP contribution in [0.25, 0.3) is 0 Å². The number of rotatable bonds is 4. The van der Waals surface area contributed by atoms with E-state index in [2.05, 4.69) is 20.3 Å². The molecule has 1 amide bonds. The highest BCUT2D eigenvalue weighted by Crippen LogP contribution is 2.36. The molecule has 2 aliphatic heterocycles. The molecule has 0 bridgehead atoms. The minimum absolute atomic E-state index is 0.149. The lowest BCUT2D eigenvalue weighted by Crippen LogP contribution is -2.41. The van der Waals surface area contributed by atoms with Gasteiger partial charge in [-0.15, -0.1) is 5.10 Å². The van der Waals surface area contributed by atoms with Gasteiger partial charge in [0.2, 0.25) is 0 Å².